The van der Waals surface area contributed by atoms with Crippen LogP contribution in [0.15, 0.2) is 23.4 Å². The number of amidine groups is 1. The molecular weight excluding hydrogens is 265 g/mol. The summed E-state index contributed by atoms with van der Waals surface area (Å²) in [6.07, 6.45) is 1.17. The summed E-state index contributed by atoms with van der Waals surface area (Å²) in [7, 11) is 1.35. The van der Waals surface area contributed by atoms with Gasteiger partial charge in [0.15, 0.2) is 5.84 Å². The van der Waals surface area contributed by atoms with E-state index in [9.17, 15) is 9.18 Å². The van der Waals surface area contributed by atoms with Crippen LogP contribution in [0.25, 0.3) is 0 Å². The number of nitrogens with two attached hydrogens (primary N) is 1. The minimum absolute atomic E-state index is 0.122. The SMILES string of the molecule is CCCC(NC(=O)c1c(F)cccc1OC)C(N)=NO. The monoisotopic (exact) mass is 283 g/mol. The van der Waals surface area contributed by atoms with Crippen molar-refractivity contribution in [2.45, 2.75) is 25.8 Å². The van der Waals surface area contributed by atoms with Crippen molar-refractivity contribution >= 4 is 11.7 Å². The first-order valence-electron chi connectivity index (χ1n) is 6.15. The van der Waals surface area contributed by atoms with Gasteiger partial charge in [-0.25, -0.2) is 4.39 Å². The number of benzene rings is 1. The first kappa shape index (κ1) is 15.7. The Morgan fingerprint density at radius 1 is 1.60 bits per heavy atom. The van der Waals surface area contributed by atoms with Gasteiger partial charge in [-0.3, -0.25) is 4.79 Å². The molecule has 0 radical (unpaired) electrons. The minimum atomic E-state index is -0.698. The van der Waals surface area contributed by atoms with Crippen molar-refractivity contribution in [2.24, 2.45) is 10.9 Å². The molecular formula is C13H18FN3O3. The number of carbonyl (C=O) groups is 1. The number of nitrogens with zero attached hydrogens (tertiary/aromatic N) is 1. The Morgan fingerprint density at radius 3 is 2.85 bits per heavy atom. The average molecular weight is 283 g/mol. The molecule has 0 fully saturated rings. The van der Waals surface area contributed by atoms with Crippen LogP contribution in [0.3, 0.4) is 0 Å². The molecule has 0 spiro atoms. The lowest BCUT2D eigenvalue weighted by atomic mass is 10.1. The van der Waals surface area contributed by atoms with E-state index >= 15 is 0 Å². The van der Waals surface area contributed by atoms with E-state index in [2.05, 4.69) is 10.5 Å². The maximum Gasteiger partial charge on any atom is 0.258 e. The lowest BCUT2D eigenvalue weighted by Gasteiger charge is -2.17. The number of carbonyl (C=O) groups excluding carboxylic acids is 1. The lowest BCUT2D eigenvalue weighted by Crippen LogP contribution is -2.44. The summed E-state index contributed by atoms with van der Waals surface area (Å²) in [4.78, 5) is 12.1. The van der Waals surface area contributed by atoms with Gasteiger partial charge in [-0.15, -0.1) is 0 Å². The Morgan fingerprint density at radius 2 is 2.30 bits per heavy atom. The third-order valence-electron chi connectivity index (χ3n) is 2.78. The van der Waals surface area contributed by atoms with Gasteiger partial charge >= 0.3 is 0 Å². The number of rotatable bonds is 6. The second kappa shape index (κ2) is 7.32. The van der Waals surface area contributed by atoms with Gasteiger partial charge in [0.25, 0.3) is 5.91 Å². The van der Waals surface area contributed by atoms with E-state index in [1.807, 2.05) is 6.92 Å². The fourth-order valence-electron chi connectivity index (χ4n) is 1.78. The molecule has 4 N–H and O–H groups in total. The summed E-state index contributed by atoms with van der Waals surface area (Å²) in [6.45, 7) is 1.88. The maximum atomic E-state index is 13.8. The smallest absolute Gasteiger partial charge is 0.258 e. The van der Waals surface area contributed by atoms with Crippen LogP contribution in [0.2, 0.25) is 0 Å². The van der Waals surface area contributed by atoms with Gasteiger partial charge in [0.1, 0.15) is 17.1 Å². The van der Waals surface area contributed by atoms with E-state index in [1.54, 1.807) is 0 Å². The predicted molar refractivity (Wildman–Crippen MR) is 72.5 cm³/mol. The van der Waals surface area contributed by atoms with Crippen molar-refractivity contribution in [1.29, 1.82) is 0 Å². The fraction of sp³-hybridized carbons (Fsp3) is 0.385. The molecule has 0 aliphatic heterocycles. The third kappa shape index (κ3) is 3.59. The molecule has 0 aliphatic rings. The van der Waals surface area contributed by atoms with Crippen molar-refractivity contribution < 1.29 is 19.1 Å². The maximum absolute atomic E-state index is 13.8. The summed E-state index contributed by atoms with van der Waals surface area (Å²) in [5.41, 5.74) is 5.29. The first-order valence-corrected chi connectivity index (χ1v) is 6.15. The summed E-state index contributed by atoms with van der Waals surface area (Å²) in [6, 6.07) is 3.42. The molecule has 0 heterocycles. The van der Waals surface area contributed by atoms with E-state index in [0.717, 1.165) is 6.07 Å². The molecule has 1 unspecified atom stereocenters. The number of halogens is 1. The summed E-state index contributed by atoms with van der Waals surface area (Å²) >= 11 is 0. The second-order valence-corrected chi connectivity index (χ2v) is 4.16. The zero-order valence-electron chi connectivity index (χ0n) is 11.4. The molecule has 0 aromatic heterocycles. The van der Waals surface area contributed by atoms with E-state index in [4.69, 9.17) is 15.7 Å². The number of amides is 1. The highest BCUT2D eigenvalue weighted by molar-refractivity contribution is 6.00. The standard InChI is InChI=1S/C13H18FN3O3/c1-3-5-9(12(15)17-19)16-13(18)11-8(14)6-4-7-10(11)20-2/h4,6-7,9,19H,3,5H2,1-2H3,(H2,15,17)(H,16,18). The largest absolute Gasteiger partial charge is 0.496 e. The molecule has 1 aromatic carbocycles. The van der Waals surface area contributed by atoms with Crippen LogP contribution >= 0.6 is 0 Å². The number of hydrogen-bond acceptors (Lipinski definition) is 4. The number of ether oxygens (including phenoxy) is 1. The molecule has 20 heavy (non-hydrogen) atoms. The van der Waals surface area contributed by atoms with Gasteiger partial charge in [-0.2, -0.15) is 0 Å². The van der Waals surface area contributed by atoms with Crippen LogP contribution in [0.5, 0.6) is 5.75 Å². The van der Waals surface area contributed by atoms with Crippen molar-refractivity contribution in [1.82, 2.24) is 5.32 Å². The molecule has 0 bridgehead atoms. The Kier molecular flexibility index (Phi) is 5.76. The lowest BCUT2D eigenvalue weighted by molar-refractivity contribution is 0.0937. The van der Waals surface area contributed by atoms with Crippen LogP contribution in [-0.4, -0.2) is 30.1 Å². The zero-order valence-corrected chi connectivity index (χ0v) is 11.4. The number of nitrogens with one attached hydrogen (secondary N) is 1. The third-order valence-corrected chi connectivity index (χ3v) is 2.78. The highest BCUT2D eigenvalue weighted by atomic mass is 19.1. The summed E-state index contributed by atoms with van der Waals surface area (Å²) in [5, 5.41) is 14.1. The van der Waals surface area contributed by atoms with E-state index in [-0.39, 0.29) is 17.1 Å². The topological polar surface area (TPSA) is 96.9 Å². The zero-order chi connectivity index (χ0) is 15.1. The molecule has 6 nitrogen and oxygen atoms in total. The van der Waals surface area contributed by atoms with Crippen LogP contribution in [0, 0.1) is 5.82 Å². The number of oxime groups is 1. The van der Waals surface area contributed by atoms with Gasteiger partial charge in [-0.1, -0.05) is 24.6 Å². The average Bonchev–Trinajstić information content (AvgIpc) is 2.45. The van der Waals surface area contributed by atoms with Gasteiger partial charge in [0.2, 0.25) is 0 Å². The van der Waals surface area contributed by atoms with Crippen LogP contribution in [0.1, 0.15) is 30.1 Å². The highest BCUT2D eigenvalue weighted by Crippen LogP contribution is 2.21. The Bertz CT molecular complexity index is 506. The molecule has 1 aromatic rings. The van der Waals surface area contributed by atoms with Crippen LogP contribution < -0.4 is 15.8 Å². The first-order chi connectivity index (χ1) is 9.54. The van der Waals surface area contributed by atoms with Gasteiger partial charge < -0.3 is 21.0 Å². The molecule has 1 atom stereocenters. The van der Waals surface area contributed by atoms with E-state index in [0.29, 0.717) is 12.8 Å². The molecule has 110 valence electrons. The summed E-state index contributed by atoms with van der Waals surface area (Å²) in [5.74, 6) is -1.38. The molecule has 0 saturated heterocycles. The number of methoxy groups -OCH3 is 1. The van der Waals surface area contributed by atoms with Crippen molar-refractivity contribution in [3.8, 4) is 5.75 Å². The fourth-order valence-corrected chi connectivity index (χ4v) is 1.78. The molecule has 1 rings (SSSR count). The van der Waals surface area contributed by atoms with Crippen molar-refractivity contribution in [3.05, 3.63) is 29.6 Å². The summed E-state index contributed by atoms with van der Waals surface area (Å²) < 4.78 is 18.7. The van der Waals surface area contributed by atoms with Crippen molar-refractivity contribution in [2.75, 3.05) is 7.11 Å². The van der Waals surface area contributed by atoms with Crippen LogP contribution in [0.4, 0.5) is 4.39 Å². The van der Waals surface area contributed by atoms with Crippen molar-refractivity contribution in [3.63, 3.8) is 0 Å². The van der Waals surface area contributed by atoms with Gasteiger partial charge in [0.05, 0.1) is 13.2 Å². The Labute approximate surface area is 116 Å². The highest BCUT2D eigenvalue weighted by Gasteiger charge is 2.22. The quantitative estimate of drug-likeness (QED) is 0.319. The predicted octanol–water partition coefficient (Wildman–Crippen LogP) is 1.48. The molecule has 0 aliphatic carbocycles. The minimum Gasteiger partial charge on any atom is -0.496 e. The molecule has 7 heteroatoms. The van der Waals surface area contributed by atoms with Gasteiger partial charge in [0, 0.05) is 0 Å². The molecule has 0 saturated carbocycles. The van der Waals surface area contributed by atoms with Crippen LogP contribution in [-0.2, 0) is 0 Å². The van der Waals surface area contributed by atoms with E-state index < -0.39 is 17.8 Å². The molecule has 1 amide bonds. The second-order valence-electron chi connectivity index (χ2n) is 4.16. The Balaban J connectivity index is 3.00. The van der Waals surface area contributed by atoms with E-state index in [1.165, 1.54) is 19.2 Å². The van der Waals surface area contributed by atoms with Gasteiger partial charge in [-0.05, 0) is 18.6 Å². The number of hydrogen-bond donors (Lipinski definition) is 3. The normalized spacial score (nSPS) is 12.8. The Hall–Kier alpha value is -2.31.